The zero-order valence-corrected chi connectivity index (χ0v) is 47.3. The summed E-state index contributed by atoms with van der Waals surface area (Å²) < 4.78 is 16.5. The number of fused-ring (bicyclic) bond motifs is 9. The Morgan fingerprint density at radius 3 is 2.06 bits per heavy atom. The minimum absolute atomic E-state index is 0.0739. The number of nitrogens with zero attached hydrogens (tertiary/aromatic N) is 1. The summed E-state index contributed by atoms with van der Waals surface area (Å²) in [5.41, 5.74) is 15.4. The molecule has 0 aromatic heterocycles. The number of aliphatic hydroxyl groups excluding tert-OH is 1. The molecule has 3 N–H and O–H groups in total. The highest BCUT2D eigenvalue weighted by molar-refractivity contribution is 6.00. The number of carboxylic acid groups (broad SMARTS) is 1. The molecule has 11 heteroatoms. The number of amides is 1. The molecule has 0 saturated heterocycles. The van der Waals surface area contributed by atoms with Gasteiger partial charge in [0.05, 0.1) is 33.4 Å². The summed E-state index contributed by atoms with van der Waals surface area (Å²) in [7, 11) is 3.22. The molecule has 1 heterocycles. The van der Waals surface area contributed by atoms with Gasteiger partial charge in [0.1, 0.15) is 11.5 Å². The first kappa shape index (κ1) is 58.3. The van der Waals surface area contributed by atoms with Gasteiger partial charge in [-0.3, -0.25) is 19.2 Å². The van der Waals surface area contributed by atoms with Gasteiger partial charge in [0.25, 0.3) is 0 Å². The maximum absolute atomic E-state index is 12.4. The molecule has 4 aliphatic rings. The van der Waals surface area contributed by atoms with Gasteiger partial charge in [-0.15, -0.1) is 5.92 Å². The molecule has 81 heavy (non-hydrogen) atoms. The predicted octanol–water partition coefficient (Wildman–Crippen LogP) is 11.7. The van der Waals surface area contributed by atoms with Crippen molar-refractivity contribution in [1.29, 1.82) is 0 Å². The average molecular weight is 1080 g/mol. The molecule has 1 amide bonds. The predicted molar refractivity (Wildman–Crippen MR) is 317 cm³/mol. The van der Waals surface area contributed by atoms with Crippen LogP contribution in [0.2, 0.25) is 0 Å². The number of carbonyl (C=O) groups excluding carboxylic acids is 2. The molecular formula is C70H69NO10. The van der Waals surface area contributed by atoms with E-state index in [1.807, 2.05) is 91.0 Å². The Morgan fingerprint density at radius 2 is 1.33 bits per heavy atom. The molecule has 0 bridgehead atoms. The Morgan fingerprint density at radius 1 is 0.691 bits per heavy atom. The maximum Gasteiger partial charge on any atom is 0.303 e. The molecule has 7 aromatic carbocycles. The molecule has 0 fully saturated rings. The largest absolute Gasteiger partial charge is 0.508 e. The minimum atomic E-state index is -0.924. The van der Waals surface area contributed by atoms with Crippen LogP contribution in [-0.4, -0.2) is 71.8 Å². The number of hydrogen-bond acceptors (Lipinski definition) is 9. The SMILES string of the molecule is CCCCOc1ccc2c(c1)CCc1cc(O)ccc1-c1c-2c1=O.COc1cc2c(cc1OC)CC(O)c1cc(C)c(C)cc1C#C2.C[C@H]1C#CCCN(C(=O)CCC(=O)O)C[C@@H]1C.O=C1Cc2ccccc2C#Cc2ccccc21. The Balaban J connectivity index is 0.000000143. The first-order valence-electron chi connectivity index (χ1n) is 27.7. The molecule has 3 aliphatic carbocycles. The normalized spacial score (nSPS) is 15.9. The lowest BCUT2D eigenvalue weighted by atomic mass is 9.90. The fourth-order valence-corrected chi connectivity index (χ4v) is 10.1. The Kier molecular flexibility index (Phi) is 19.4. The molecule has 11 nitrogen and oxygen atoms in total. The van der Waals surface area contributed by atoms with Crippen molar-refractivity contribution in [3.8, 4) is 80.8 Å². The molecule has 3 atom stereocenters. The number of phenols is 1. The number of phenolic OH excluding ortho intramolecular Hbond substituents is 1. The summed E-state index contributed by atoms with van der Waals surface area (Å²) in [6, 6.07) is 34.6. The van der Waals surface area contributed by atoms with Crippen LogP contribution in [-0.2, 0) is 35.3 Å². The summed E-state index contributed by atoms with van der Waals surface area (Å²) in [5, 5.41) is 29.0. The Hall–Kier alpha value is -8.82. The van der Waals surface area contributed by atoms with Crippen molar-refractivity contribution >= 4 is 17.7 Å². The van der Waals surface area contributed by atoms with Crippen LogP contribution < -0.4 is 19.6 Å². The zero-order valence-electron chi connectivity index (χ0n) is 47.3. The van der Waals surface area contributed by atoms with Crippen LogP contribution in [0.15, 0.2) is 114 Å². The van der Waals surface area contributed by atoms with Crippen molar-refractivity contribution in [3.05, 3.63) is 186 Å². The van der Waals surface area contributed by atoms with Gasteiger partial charge in [0, 0.05) is 83.6 Å². The van der Waals surface area contributed by atoms with E-state index in [-0.39, 0.29) is 41.6 Å². The van der Waals surface area contributed by atoms with Crippen molar-refractivity contribution in [2.24, 2.45) is 11.8 Å². The third-order valence-corrected chi connectivity index (χ3v) is 15.2. The van der Waals surface area contributed by atoms with E-state index in [4.69, 9.17) is 19.3 Å². The molecule has 11 rings (SSSR count). The highest BCUT2D eigenvalue weighted by Crippen LogP contribution is 2.42. The van der Waals surface area contributed by atoms with E-state index >= 15 is 0 Å². The number of aryl methyl sites for hydroxylation is 4. The van der Waals surface area contributed by atoms with Gasteiger partial charge >= 0.3 is 5.97 Å². The number of carbonyl (C=O) groups is 3. The zero-order chi connectivity index (χ0) is 57.7. The van der Waals surface area contributed by atoms with Crippen molar-refractivity contribution in [1.82, 2.24) is 4.90 Å². The van der Waals surface area contributed by atoms with Gasteiger partial charge in [-0.05, 0) is 144 Å². The van der Waals surface area contributed by atoms with Crippen molar-refractivity contribution in [3.63, 3.8) is 0 Å². The van der Waals surface area contributed by atoms with Crippen LogP contribution in [0, 0.1) is 61.2 Å². The van der Waals surface area contributed by atoms with Crippen LogP contribution in [0.25, 0.3) is 22.3 Å². The summed E-state index contributed by atoms with van der Waals surface area (Å²) in [6.07, 6.45) is 4.80. The monoisotopic (exact) mass is 1080 g/mol. The van der Waals surface area contributed by atoms with Crippen LogP contribution in [0.1, 0.15) is 131 Å². The van der Waals surface area contributed by atoms with Crippen LogP contribution in [0.4, 0.5) is 0 Å². The summed E-state index contributed by atoms with van der Waals surface area (Å²) in [5.74, 6) is 21.0. The van der Waals surface area contributed by atoms with E-state index < -0.39 is 12.1 Å². The average Bonchev–Trinajstić information content (AvgIpc) is 3.70. The summed E-state index contributed by atoms with van der Waals surface area (Å²) in [4.78, 5) is 48.5. The lowest BCUT2D eigenvalue weighted by Gasteiger charge is -2.28. The van der Waals surface area contributed by atoms with Crippen LogP contribution >= 0.6 is 0 Å². The highest BCUT2D eigenvalue weighted by atomic mass is 16.5. The Bertz CT molecular complexity index is 3690. The van der Waals surface area contributed by atoms with Gasteiger partial charge < -0.3 is 34.4 Å². The number of Topliss-reactive ketones (excluding diaryl/α,β-unsaturated/α-hetero) is 1. The van der Waals surface area contributed by atoms with Gasteiger partial charge in [-0.2, -0.15) is 0 Å². The van der Waals surface area contributed by atoms with Crippen LogP contribution in [0.3, 0.4) is 0 Å². The summed E-state index contributed by atoms with van der Waals surface area (Å²) >= 11 is 0. The molecule has 0 saturated carbocycles. The molecule has 7 aromatic rings. The molecule has 0 spiro atoms. The molecule has 1 aliphatic heterocycles. The summed E-state index contributed by atoms with van der Waals surface area (Å²) in [6.45, 7) is 12.4. The Labute approximate surface area is 475 Å². The van der Waals surface area contributed by atoms with Crippen molar-refractivity contribution < 1.29 is 43.9 Å². The van der Waals surface area contributed by atoms with Crippen LogP contribution in [0.5, 0.6) is 23.0 Å². The third kappa shape index (κ3) is 14.5. The van der Waals surface area contributed by atoms with Gasteiger partial charge in [-0.25, -0.2) is 0 Å². The number of aromatic hydroxyl groups is 1. The van der Waals surface area contributed by atoms with E-state index in [0.29, 0.717) is 49.8 Å². The van der Waals surface area contributed by atoms with Crippen molar-refractivity contribution in [2.45, 2.75) is 98.5 Å². The fraction of sp³-hybridized carbons (Fsp3) is 0.314. The standard InChI is InChI=1S/C21H20O3.C20H20O3.C16H10O.C13H19NO3/c1-2-3-10-24-16-7-9-18-14(12-16)5-4-13-11-15(22)6-8-17(13)19-20(18)21(19)23;1-12-7-15-6-5-14-10-19(22-3)20(23-4)11-16(14)9-18(21)17(15)8-13(12)2;17-16-11-14-7-2-1-5-12(14)9-10-13-6-3-4-8-15(13)16;1-10-5-3-4-8-14(9-11(10)2)12(15)6-7-13(16)17/h6-9,11-12,22H,2-5,10H2,1H3;7-8,10-11,18,21H,9H2,1-4H3;1-8H,11H2;10-11H,4,6-9H2,1-2H3,(H,16,17)/t;;;10-,11-/m...0/s1. The van der Waals surface area contributed by atoms with E-state index in [0.717, 1.165) is 121 Å². The van der Waals surface area contributed by atoms with Crippen molar-refractivity contribution in [2.75, 3.05) is 33.9 Å². The second kappa shape index (κ2) is 26.9. The second-order valence-electron chi connectivity index (χ2n) is 20.9. The van der Waals surface area contributed by atoms with E-state index in [2.05, 4.69) is 76.2 Å². The molecule has 0 radical (unpaired) electrons. The number of aliphatic hydroxyl groups is 1. The number of benzene rings is 6. The fourth-order valence-electron chi connectivity index (χ4n) is 10.1. The molecular weight excluding hydrogens is 1010 g/mol. The maximum atomic E-state index is 12.4. The van der Waals surface area contributed by atoms with E-state index in [1.54, 1.807) is 31.3 Å². The second-order valence-corrected chi connectivity index (χ2v) is 20.9. The molecule has 414 valence electrons. The highest BCUT2D eigenvalue weighted by Gasteiger charge is 2.31. The van der Waals surface area contributed by atoms with E-state index in [9.17, 15) is 29.4 Å². The van der Waals surface area contributed by atoms with Gasteiger partial charge in [0.2, 0.25) is 5.91 Å². The van der Waals surface area contributed by atoms with E-state index in [1.165, 1.54) is 5.56 Å². The third-order valence-electron chi connectivity index (χ3n) is 15.2. The topological polar surface area (TPSA) is 160 Å². The number of unbranched alkanes of at least 4 members (excludes halogenated alkanes) is 1. The first-order valence-corrected chi connectivity index (χ1v) is 27.7. The number of methoxy groups -OCH3 is 2. The number of hydrogen-bond donors (Lipinski definition) is 3. The smallest absolute Gasteiger partial charge is 0.303 e. The number of aliphatic carboxylic acids is 1. The number of ether oxygens (including phenoxy) is 3. The lowest BCUT2D eigenvalue weighted by molar-refractivity contribution is -0.141. The number of carboxylic acids is 1. The molecule has 1 unspecified atom stereocenters. The minimum Gasteiger partial charge on any atom is -0.508 e. The number of rotatable bonds is 9. The number of ketones is 1. The van der Waals surface area contributed by atoms with Gasteiger partial charge in [-0.1, -0.05) is 111 Å². The first-order chi connectivity index (χ1) is 39.1. The quantitative estimate of drug-likeness (QED) is 0.0938. The lowest BCUT2D eigenvalue weighted by Crippen LogP contribution is -2.37. The van der Waals surface area contributed by atoms with Gasteiger partial charge in [0.15, 0.2) is 22.7 Å².